The van der Waals surface area contributed by atoms with Gasteiger partial charge in [0.25, 0.3) is 0 Å². The van der Waals surface area contributed by atoms with Crippen molar-refractivity contribution in [2.24, 2.45) is 0 Å². The molecule has 4 nitrogen and oxygen atoms in total. The average Bonchev–Trinajstić information content (AvgIpc) is 2.91. The molecule has 1 heterocycles. The van der Waals surface area contributed by atoms with Crippen molar-refractivity contribution in [3.05, 3.63) is 35.5 Å². The number of benzene rings is 1. The van der Waals surface area contributed by atoms with Crippen molar-refractivity contribution >= 4 is 11.6 Å². The highest BCUT2D eigenvalue weighted by Crippen LogP contribution is 2.32. The molecular weight excluding hydrogens is 276 g/mol. The zero-order valence-electron chi connectivity index (χ0n) is 11.7. The number of unbranched alkanes of at least 4 members (excludes halogenated alkanes) is 1. The van der Waals surface area contributed by atoms with Gasteiger partial charge in [0.2, 0.25) is 0 Å². The second kappa shape index (κ2) is 7.31. The molecule has 1 radical (unpaired) electrons. The molecule has 0 aliphatic heterocycles. The highest BCUT2D eigenvalue weighted by Gasteiger charge is 2.12. The number of rotatable bonds is 7. The Hall–Kier alpha value is -1.52. The van der Waals surface area contributed by atoms with Crippen LogP contribution in [0.25, 0.3) is 11.3 Å². The molecule has 2 aromatic rings. The van der Waals surface area contributed by atoms with Gasteiger partial charge in [0.1, 0.15) is 5.75 Å². The minimum Gasteiger partial charge on any atom is -0.467 e. The SMILES string of the molecule is CCCCn1nc[c]c1-c1ccc(Cl)cc1OCOC. The first-order valence-electron chi connectivity index (χ1n) is 6.61. The number of nitrogens with zero attached hydrogens (tertiary/aromatic N) is 2. The lowest BCUT2D eigenvalue weighted by Gasteiger charge is -2.12. The molecule has 0 spiro atoms. The molecule has 20 heavy (non-hydrogen) atoms. The molecule has 0 amide bonds. The molecular formula is C15H18ClN2O2. The van der Waals surface area contributed by atoms with Crippen LogP contribution in [-0.2, 0) is 11.3 Å². The molecule has 2 rings (SSSR count). The molecule has 0 saturated heterocycles. The Balaban J connectivity index is 2.33. The van der Waals surface area contributed by atoms with E-state index in [-0.39, 0.29) is 6.79 Å². The molecule has 0 aliphatic rings. The lowest BCUT2D eigenvalue weighted by Crippen LogP contribution is -2.04. The van der Waals surface area contributed by atoms with Crippen LogP contribution in [-0.4, -0.2) is 23.7 Å². The van der Waals surface area contributed by atoms with Gasteiger partial charge in [-0.05, 0) is 24.6 Å². The van der Waals surface area contributed by atoms with Gasteiger partial charge < -0.3 is 9.47 Å². The highest BCUT2D eigenvalue weighted by atomic mass is 35.5. The summed E-state index contributed by atoms with van der Waals surface area (Å²) in [5.41, 5.74) is 1.82. The van der Waals surface area contributed by atoms with Crippen LogP contribution < -0.4 is 4.74 Å². The maximum absolute atomic E-state index is 6.03. The number of hydrogen-bond donors (Lipinski definition) is 0. The van der Waals surface area contributed by atoms with Crippen LogP contribution >= 0.6 is 11.6 Å². The van der Waals surface area contributed by atoms with E-state index in [1.54, 1.807) is 19.4 Å². The van der Waals surface area contributed by atoms with E-state index in [9.17, 15) is 0 Å². The summed E-state index contributed by atoms with van der Waals surface area (Å²) >= 11 is 6.03. The Morgan fingerprint density at radius 2 is 2.25 bits per heavy atom. The van der Waals surface area contributed by atoms with Crippen LogP contribution in [0.5, 0.6) is 5.75 Å². The van der Waals surface area contributed by atoms with E-state index in [0.717, 1.165) is 30.6 Å². The summed E-state index contributed by atoms with van der Waals surface area (Å²) < 4.78 is 12.5. The number of aromatic nitrogens is 2. The van der Waals surface area contributed by atoms with Crippen LogP contribution in [0.3, 0.4) is 0 Å². The predicted molar refractivity (Wildman–Crippen MR) is 78.9 cm³/mol. The van der Waals surface area contributed by atoms with Gasteiger partial charge in [-0.15, -0.1) is 0 Å². The summed E-state index contributed by atoms with van der Waals surface area (Å²) in [6.45, 7) is 3.19. The molecule has 0 unspecified atom stereocenters. The first kappa shape index (κ1) is 14.9. The van der Waals surface area contributed by atoms with E-state index in [4.69, 9.17) is 21.1 Å². The van der Waals surface area contributed by atoms with Gasteiger partial charge in [-0.1, -0.05) is 24.9 Å². The summed E-state index contributed by atoms with van der Waals surface area (Å²) in [6.07, 6.45) is 3.87. The van der Waals surface area contributed by atoms with Gasteiger partial charge >= 0.3 is 0 Å². The fraction of sp³-hybridized carbons (Fsp3) is 0.400. The standard InChI is InChI=1S/C15H18ClN2O2/c1-3-4-9-18-14(7-8-17-18)13-6-5-12(16)10-15(13)20-11-19-2/h5-6,8,10H,3-4,9,11H2,1-2H3. The molecule has 0 saturated carbocycles. The minimum absolute atomic E-state index is 0.177. The molecule has 5 heteroatoms. The fourth-order valence-corrected chi connectivity index (χ4v) is 2.08. The van der Waals surface area contributed by atoms with E-state index in [1.165, 1.54) is 0 Å². The Bertz CT molecular complexity index is 555. The Morgan fingerprint density at radius 3 is 3.00 bits per heavy atom. The number of methoxy groups -OCH3 is 1. The van der Waals surface area contributed by atoms with Gasteiger partial charge in [0.05, 0.1) is 11.9 Å². The largest absolute Gasteiger partial charge is 0.467 e. The zero-order valence-corrected chi connectivity index (χ0v) is 12.5. The minimum atomic E-state index is 0.177. The molecule has 0 atom stereocenters. The molecule has 107 valence electrons. The van der Waals surface area contributed by atoms with Crippen molar-refractivity contribution < 1.29 is 9.47 Å². The van der Waals surface area contributed by atoms with Crippen molar-refractivity contribution in [2.75, 3.05) is 13.9 Å². The number of ether oxygens (including phenoxy) is 2. The van der Waals surface area contributed by atoms with Crippen molar-refractivity contribution in [1.82, 2.24) is 9.78 Å². The Kier molecular flexibility index (Phi) is 5.44. The second-order valence-electron chi connectivity index (χ2n) is 4.41. The van der Waals surface area contributed by atoms with Crippen LogP contribution in [0, 0.1) is 6.07 Å². The van der Waals surface area contributed by atoms with Crippen LogP contribution in [0.4, 0.5) is 0 Å². The Labute approximate surface area is 124 Å². The molecule has 0 bridgehead atoms. The Morgan fingerprint density at radius 1 is 1.40 bits per heavy atom. The maximum Gasteiger partial charge on any atom is 0.188 e. The quantitative estimate of drug-likeness (QED) is 0.729. The van der Waals surface area contributed by atoms with Crippen molar-refractivity contribution in [2.45, 2.75) is 26.3 Å². The molecule has 1 aromatic heterocycles. The zero-order chi connectivity index (χ0) is 14.4. The van der Waals surface area contributed by atoms with E-state index >= 15 is 0 Å². The van der Waals surface area contributed by atoms with E-state index in [1.807, 2.05) is 16.8 Å². The third-order valence-electron chi connectivity index (χ3n) is 2.91. The maximum atomic E-state index is 6.03. The summed E-state index contributed by atoms with van der Waals surface area (Å²) in [4.78, 5) is 0. The lowest BCUT2D eigenvalue weighted by atomic mass is 10.1. The number of aryl methyl sites for hydroxylation is 1. The lowest BCUT2D eigenvalue weighted by molar-refractivity contribution is 0.0515. The summed E-state index contributed by atoms with van der Waals surface area (Å²) in [7, 11) is 1.59. The summed E-state index contributed by atoms with van der Waals surface area (Å²) in [5.74, 6) is 0.675. The van der Waals surface area contributed by atoms with Gasteiger partial charge in [0, 0.05) is 30.3 Å². The van der Waals surface area contributed by atoms with Gasteiger partial charge in [0.15, 0.2) is 6.79 Å². The van der Waals surface area contributed by atoms with Crippen molar-refractivity contribution in [3.63, 3.8) is 0 Å². The monoisotopic (exact) mass is 293 g/mol. The van der Waals surface area contributed by atoms with E-state index in [0.29, 0.717) is 10.8 Å². The predicted octanol–water partition coefficient (Wildman–Crippen LogP) is 3.79. The first-order valence-corrected chi connectivity index (χ1v) is 6.99. The van der Waals surface area contributed by atoms with Gasteiger partial charge in [-0.3, -0.25) is 4.68 Å². The third kappa shape index (κ3) is 3.52. The molecule has 0 fully saturated rings. The van der Waals surface area contributed by atoms with Crippen LogP contribution in [0.15, 0.2) is 24.4 Å². The fourth-order valence-electron chi connectivity index (χ4n) is 1.92. The normalized spacial score (nSPS) is 10.8. The van der Waals surface area contributed by atoms with E-state index < -0.39 is 0 Å². The third-order valence-corrected chi connectivity index (χ3v) is 3.15. The smallest absolute Gasteiger partial charge is 0.188 e. The topological polar surface area (TPSA) is 36.3 Å². The van der Waals surface area contributed by atoms with Crippen molar-refractivity contribution in [1.29, 1.82) is 0 Å². The number of hydrogen-bond acceptors (Lipinski definition) is 3. The van der Waals surface area contributed by atoms with Gasteiger partial charge in [-0.25, -0.2) is 0 Å². The molecule has 0 N–H and O–H groups in total. The van der Waals surface area contributed by atoms with Crippen LogP contribution in [0.1, 0.15) is 19.8 Å². The molecule has 0 aliphatic carbocycles. The summed E-state index contributed by atoms with van der Waals surface area (Å²) in [6, 6.07) is 8.69. The number of halogens is 1. The summed E-state index contributed by atoms with van der Waals surface area (Å²) in [5, 5.41) is 4.94. The van der Waals surface area contributed by atoms with Crippen LogP contribution in [0.2, 0.25) is 5.02 Å². The second-order valence-corrected chi connectivity index (χ2v) is 4.84. The average molecular weight is 294 g/mol. The van der Waals surface area contributed by atoms with E-state index in [2.05, 4.69) is 18.1 Å². The first-order chi connectivity index (χ1) is 9.76. The van der Waals surface area contributed by atoms with Gasteiger partial charge in [-0.2, -0.15) is 5.10 Å². The highest BCUT2D eigenvalue weighted by molar-refractivity contribution is 6.30. The van der Waals surface area contributed by atoms with Crippen molar-refractivity contribution in [3.8, 4) is 17.0 Å². The molecule has 1 aromatic carbocycles.